The number of ether oxygens (including phenoxy) is 1. The van der Waals surface area contributed by atoms with Crippen molar-refractivity contribution in [2.75, 3.05) is 18.7 Å². The molecule has 0 saturated heterocycles. The predicted molar refractivity (Wildman–Crippen MR) is 70.0 cm³/mol. The molecule has 0 heterocycles. The van der Waals surface area contributed by atoms with E-state index in [-0.39, 0.29) is 10.6 Å². The average molecular weight is 297 g/mol. The van der Waals surface area contributed by atoms with Crippen molar-refractivity contribution in [2.24, 2.45) is 0 Å². The van der Waals surface area contributed by atoms with Crippen LogP contribution in [0.1, 0.15) is 12.8 Å². The highest BCUT2D eigenvalue weighted by Gasteiger charge is 2.19. The average Bonchev–Trinajstić information content (AvgIpc) is 2.29. The van der Waals surface area contributed by atoms with Crippen LogP contribution in [0.25, 0.3) is 0 Å². The van der Waals surface area contributed by atoms with E-state index in [1.807, 2.05) is 0 Å². The summed E-state index contributed by atoms with van der Waals surface area (Å²) in [6.07, 6.45) is 1.20. The molecule has 96 valence electrons. The Kier molecular flexibility index (Phi) is 5.56. The highest BCUT2D eigenvalue weighted by molar-refractivity contribution is 7.91. The van der Waals surface area contributed by atoms with Crippen molar-refractivity contribution in [1.82, 2.24) is 0 Å². The fraction of sp³-hybridized carbons (Fsp3) is 0.455. The lowest BCUT2D eigenvalue weighted by atomic mass is 10.3. The number of unbranched alkanes of at least 4 members (excludes halogenated alkanes) is 1. The lowest BCUT2D eigenvalue weighted by Gasteiger charge is -2.09. The molecule has 17 heavy (non-hydrogen) atoms. The second-order valence-corrected chi connectivity index (χ2v) is 6.40. The molecule has 0 saturated carbocycles. The van der Waals surface area contributed by atoms with Crippen molar-refractivity contribution in [1.29, 1.82) is 0 Å². The lowest BCUT2D eigenvalue weighted by molar-refractivity contribution is 0.402. The van der Waals surface area contributed by atoms with Gasteiger partial charge in [-0.05, 0) is 31.0 Å². The van der Waals surface area contributed by atoms with Crippen molar-refractivity contribution >= 4 is 33.0 Å². The molecule has 0 aliphatic heterocycles. The number of hydrogen-bond donors (Lipinski definition) is 0. The molecule has 0 aliphatic rings. The Morgan fingerprint density at radius 2 is 2.00 bits per heavy atom. The van der Waals surface area contributed by atoms with E-state index in [9.17, 15) is 8.42 Å². The SMILES string of the molecule is COc1ccc(Cl)cc1S(=O)(=O)CCCCCl. The summed E-state index contributed by atoms with van der Waals surface area (Å²) in [6, 6.07) is 4.56. The van der Waals surface area contributed by atoms with Gasteiger partial charge in [0.05, 0.1) is 12.9 Å². The van der Waals surface area contributed by atoms with Crippen LogP contribution < -0.4 is 4.74 Å². The largest absolute Gasteiger partial charge is 0.495 e. The number of benzene rings is 1. The first-order valence-corrected chi connectivity index (χ1v) is 7.70. The Morgan fingerprint density at radius 1 is 1.29 bits per heavy atom. The van der Waals surface area contributed by atoms with Crippen LogP contribution in [0.3, 0.4) is 0 Å². The van der Waals surface area contributed by atoms with Gasteiger partial charge in [0.1, 0.15) is 10.6 Å². The van der Waals surface area contributed by atoms with Gasteiger partial charge in [0.2, 0.25) is 0 Å². The minimum atomic E-state index is -3.37. The lowest BCUT2D eigenvalue weighted by Crippen LogP contribution is -2.08. The Labute approximate surface area is 112 Å². The van der Waals surface area contributed by atoms with Gasteiger partial charge in [-0.2, -0.15) is 0 Å². The molecule has 0 atom stereocenters. The summed E-state index contributed by atoms with van der Waals surface area (Å²) >= 11 is 11.3. The van der Waals surface area contributed by atoms with Gasteiger partial charge in [-0.15, -0.1) is 11.6 Å². The molecule has 1 aromatic rings. The Balaban J connectivity index is 3.00. The van der Waals surface area contributed by atoms with Gasteiger partial charge in [-0.3, -0.25) is 0 Å². The fourth-order valence-electron chi connectivity index (χ4n) is 1.39. The zero-order valence-corrected chi connectivity index (χ0v) is 11.8. The summed E-state index contributed by atoms with van der Waals surface area (Å²) in [6.45, 7) is 0. The molecular weight excluding hydrogens is 283 g/mol. The minimum absolute atomic E-state index is 0.0520. The Morgan fingerprint density at radius 3 is 2.59 bits per heavy atom. The van der Waals surface area contributed by atoms with Crippen molar-refractivity contribution in [3.05, 3.63) is 23.2 Å². The van der Waals surface area contributed by atoms with Crippen LogP contribution in [-0.2, 0) is 9.84 Å². The van der Waals surface area contributed by atoms with E-state index in [0.29, 0.717) is 29.5 Å². The summed E-state index contributed by atoms with van der Waals surface area (Å²) in [7, 11) is -1.93. The molecule has 1 aromatic carbocycles. The third-order valence-electron chi connectivity index (χ3n) is 2.26. The van der Waals surface area contributed by atoms with Gasteiger partial charge < -0.3 is 4.74 Å². The first kappa shape index (κ1) is 14.6. The van der Waals surface area contributed by atoms with E-state index in [4.69, 9.17) is 27.9 Å². The van der Waals surface area contributed by atoms with E-state index < -0.39 is 9.84 Å². The number of rotatable bonds is 6. The van der Waals surface area contributed by atoms with E-state index in [1.54, 1.807) is 12.1 Å². The van der Waals surface area contributed by atoms with Crippen LogP contribution in [0.2, 0.25) is 5.02 Å². The highest BCUT2D eigenvalue weighted by atomic mass is 35.5. The fourth-order valence-corrected chi connectivity index (χ4v) is 3.38. The van der Waals surface area contributed by atoms with Crippen LogP contribution >= 0.6 is 23.2 Å². The van der Waals surface area contributed by atoms with Crippen molar-refractivity contribution in [2.45, 2.75) is 17.7 Å². The van der Waals surface area contributed by atoms with Gasteiger partial charge in [0.15, 0.2) is 9.84 Å². The van der Waals surface area contributed by atoms with Crippen molar-refractivity contribution in [3.8, 4) is 5.75 Å². The molecule has 0 aromatic heterocycles. The van der Waals surface area contributed by atoms with Gasteiger partial charge in [-0.1, -0.05) is 11.6 Å². The topological polar surface area (TPSA) is 43.4 Å². The van der Waals surface area contributed by atoms with E-state index >= 15 is 0 Å². The predicted octanol–water partition coefficient (Wildman–Crippen LogP) is 3.14. The maximum absolute atomic E-state index is 12.1. The standard InChI is InChI=1S/C11H14Cl2O3S/c1-16-10-5-4-9(13)8-11(10)17(14,15)7-3-2-6-12/h4-5,8H,2-3,6-7H2,1H3. The highest BCUT2D eigenvalue weighted by Crippen LogP contribution is 2.28. The molecule has 0 bridgehead atoms. The molecule has 0 amide bonds. The number of halogens is 2. The first-order chi connectivity index (χ1) is 8.01. The smallest absolute Gasteiger partial charge is 0.182 e. The number of sulfone groups is 1. The molecule has 6 heteroatoms. The summed E-state index contributed by atoms with van der Waals surface area (Å²) in [4.78, 5) is 0.141. The summed E-state index contributed by atoms with van der Waals surface area (Å²) < 4.78 is 29.1. The molecular formula is C11H14Cl2O3S. The minimum Gasteiger partial charge on any atom is -0.495 e. The molecule has 0 N–H and O–H groups in total. The summed E-state index contributed by atoms with van der Waals surface area (Å²) in [5.74, 6) is 0.832. The molecule has 0 aliphatic carbocycles. The molecule has 0 radical (unpaired) electrons. The molecule has 1 rings (SSSR count). The van der Waals surface area contributed by atoms with Crippen LogP contribution in [0.5, 0.6) is 5.75 Å². The number of methoxy groups -OCH3 is 1. The molecule has 0 unspecified atom stereocenters. The van der Waals surface area contributed by atoms with Crippen molar-refractivity contribution < 1.29 is 13.2 Å². The second-order valence-electron chi connectivity index (χ2n) is 3.51. The van der Waals surface area contributed by atoms with Crippen molar-refractivity contribution in [3.63, 3.8) is 0 Å². The summed E-state index contributed by atoms with van der Waals surface area (Å²) in [5.41, 5.74) is 0. The Hall–Kier alpha value is -0.450. The maximum atomic E-state index is 12.1. The van der Waals surface area contributed by atoms with Gasteiger partial charge >= 0.3 is 0 Å². The Bertz CT molecular complexity index is 472. The quantitative estimate of drug-likeness (QED) is 0.598. The van der Waals surface area contributed by atoms with Crippen LogP contribution in [-0.4, -0.2) is 27.2 Å². The van der Waals surface area contributed by atoms with Gasteiger partial charge in [0.25, 0.3) is 0 Å². The van der Waals surface area contributed by atoms with Gasteiger partial charge in [-0.25, -0.2) is 8.42 Å². The third-order valence-corrected chi connectivity index (χ3v) is 4.58. The molecule has 0 spiro atoms. The third kappa shape index (κ3) is 4.05. The number of alkyl halides is 1. The molecule has 0 fully saturated rings. The van der Waals surface area contributed by atoms with E-state index in [0.717, 1.165) is 0 Å². The zero-order valence-electron chi connectivity index (χ0n) is 9.45. The molecule has 3 nitrogen and oxygen atoms in total. The number of hydrogen-bond acceptors (Lipinski definition) is 3. The van der Waals surface area contributed by atoms with Crippen LogP contribution in [0.15, 0.2) is 23.1 Å². The van der Waals surface area contributed by atoms with Crippen LogP contribution in [0, 0.1) is 0 Å². The first-order valence-electron chi connectivity index (χ1n) is 5.13. The summed E-state index contributed by atoms with van der Waals surface area (Å²) in [5, 5.41) is 0.377. The zero-order chi connectivity index (χ0) is 12.9. The van der Waals surface area contributed by atoms with E-state index in [2.05, 4.69) is 0 Å². The normalized spacial score (nSPS) is 11.5. The monoisotopic (exact) mass is 296 g/mol. The van der Waals surface area contributed by atoms with Crippen LogP contribution in [0.4, 0.5) is 0 Å². The van der Waals surface area contributed by atoms with Gasteiger partial charge in [0, 0.05) is 10.9 Å². The van der Waals surface area contributed by atoms with E-state index in [1.165, 1.54) is 13.2 Å². The maximum Gasteiger partial charge on any atom is 0.182 e. The second kappa shape index (κ2) is 6.47.